The first-order chi connectivity index (χ1) is 7.35. The van der Waals surface area contributed by atoms with Crippen molar-refractivity contribution in [3.05, 3.63) is 0 Å². The maximum atomic E-state index is 12.0. The van der Waals surface area contributed by atoms with Crippen LogP contribution in [0.4, 0.5) is 4.79 Å². The Kier molecular flexibility index (Phi) is 4.19. The van der Waals surface area contributed by atoms with Crippen LogP contribution in [0.3, 0.4) is 0 Å². The van der Waals surface area contributed by atoms with Crippen LogP contribution < -0.4 is 0 Å². The predicted molar refractivity (Wildman–Crippen MR) is 62.3 cm³/mol. The van der Waals surface area contributed by atoms with Crippen molar-refractivity contribution in [2.75, 3.05) is 6.61 Å². The third-order valence-electron chi connectivity index (χ3n) is 2.81. The zero-order valence-corrected chi connectivity index (χ0v) is 10.7. The normalized spacial score (nSPS) is 18.8. The Hall–Kier alpha value is -0.770. The summed E-state index contributed by atoms with van der Waals surface area (Å²) in [5.74, 6) is 0. The van der Waals surface area contributed by atoms with Crippen molar-refractivity contribution in [2.45, 2.75) is 64.6 Å². The summed E-state index contributed by atoms with van der Waals surface area (Å²) >= 11 is 0. The Morgan fingerprint density at radius 1 is 1.50 bits per heavy atom. The molecule has 16 heavy (non-hydrogen) atoms. The molecule has 1 saturated carbocycles. The number of hydrogen-bond donors (Lipinski definition) is 1. The molecule has 1 aliphatic rings. The van der Waals surface area contributed by atoms with E-state index in [1.807, 2.05) is 27.7 Å². The lowest BCUT2D eigenvalue weighted by Gasteiger charge is -2.41. The number of rotatable bonds is 3. The average molecular weight is 229 g/mol. The lowest BCUT2D eigenvalue weighted by Crippen LogP contribution is -2.51. The fourth-order valence-electron chi connectivity index (χ4n) is 1.76. The number of nitrogens with zero attached hydrogens (tertiary/aromatic N) is 1. The quantitative estimate of drug-likeness (QED) is 0.806. The van der Waals surface area contributed by atoms with Gasteiger partial charge >= 0.3 is 6.09 Å². The van der Waals surface area contributed by atoms with Gasteiger partial charge in [-0.15, -0.1) is 0 Å². The minimum Gasteiger partial charge on any atom is -0.444 e. The van der Waals surface area contributed by atoms with Gasteiger partial charge in [0.2, 0.25) is 0 Å². The van der Waals surface area contributed by atoms with E-state index in [-0.39, 0.29) is 24.8 Å². The highest BCUT2D eigenvalue weighted by Crippen LogP contribution is 2.28. The summed E-state index contributed by atoms with van der Waals surface area (Å²) in [5, 5.41) is 9.17. The molecule has 0 saturated heterocycles. The molecule has 1 amide bonds. The summed E-state index contributed by atoms with van der Waals surface area (Å²) in [6, 6.07) is 0.0807. The van der Waals surface area contributed by atoms with E-state index >= 15 is 0 Å². The molecule has 0 aliphatic heterocycles. The van der Waals surface area contributed by atoms with Crippen LogP contribution in [0.15, 0.2) is 0 Å². The third-order valence-corrected chi connectivity index (χ3v) is 2.81. The van der Waals surface area contributed by atoms with Gasteiger partial charge in [0, 0.05) is 6.04 Å². The summed E-state index contributed by atoms with van der Waals surface area (Å²) in [6.45, 7) is 7.40. The van der Waals surface area contributed by atoms with Gasteiger partial charge in [0.05, 0.1) is 12.6 Å². The molecule has 1 unspecified atom stereocenters. The maximum Gasteiger partial charge on any atom is 0.410 e. The topological polar surface area (TPSA) is 49.8 Å². The van der Waals surface area contributed by atoms with Crippen molar-refractivity contribution < 1.29 is 14.6 Å². The van der Waals surface area contributed by atoms with Gasteiger partial charge in [0.25, 0.3) is 0 Å². The van der Waals surface area contributed by atoms with E-state index < -0.39 is 5.60 Å². The number of carbonyl (C=O) groups is 1. The van der Waals surface area contributed by atoms with Crippen LogP contribution in [0.1, 0.15) is 47.0 Å². The molecule has 1 fully saturated rings. The van der Waals surface area contributed by atoms with Gasteiger partial charge in [-0.05, 0) is 47.0 Å². The second kappa shape index (κ2) is 5.04. The first kappa shape index (κ1) is 13.3. The van der Waals surface area contributed by atoms with Crippen molar-refractivity contribution in [2.24, 2.45) is 0 Å². The summed E-state index contributed by atoms with van der Waals surface area (Å²) in [7, 11) is 0. The van der Waals surface area contributed by atoms with Crippen molar-refractivity contribution in [3.8, 4) is 0 Å². The number of aliphatic hydroxyl groups excluding tert-OH is 1. The van der Waals surface area contributed by atoms with Crippen LogP contribution in [0.25, 0.3) is 0 Å². The van der Waals surface area contributed by atoms with Gasteiger partial charge in [0.15, 0.2) is 0 Å². The number of carbonyl (C=O) groups excluding carboxylic acids is 1. The Bertz CT molecular complexity index is 238. The molecular weight excluding hydrogens is 206 g/mol. The van der Waals surface area contributed by atoms with Gasteiger partial charge in [-0.25, -0.2) is 4.79 Å². The first-order valence-electron chi connectivity index (χ1n) is 5.97. The minimum atomic E-state index is -0.478. The Morgan fingerprint density at radius 3 is 2.38 bits per heavy atom. The molecule has 1 N–H and O–H groups in total. The number of hydrogen-bond acceptors (Lipinski definition) is 3. The minimum absolute atomic E-state index is 0.0181. The van der Waals surface area contributed by atoms with Crippen LogP contribution in [0.2, 0.25) is 0 Å². The van der Waals surface area contributed by atoms with Crippen molar-refractivity contribution in [1.29, 1.82) is 0 Å². The number of aliphatic hydroxyl groups is 1. The molecular formula is C12H23NO3. The van der Waals surface area contributed by atoms with E-state index in [0.29, 0.717) is 0 Å². The summed E-state index contributed by atoms with van der Waals surface area (Å²) < 4.78 is 5.36. The molecule has 0 aromatic heterocycles. The van der Waals surface area contributed by atoms with E-state index in [1.165, 1.54) is 0 Å². The maximum absolute atomic E-state index is 12.0. The largest absolute Gasteiger partial charge is 0.444 e. The number of amides is 1. The van der Waals surface area contributed by atoms with E-state index in [2.05, 4.69) is 0 Å². The van der Waals surface area contributed by atoms with Crippen molar-refractivity contribution in [1.82, 2.24) is 4.90 Å². The molecule has 0 radical (unpaired) electrons. The fraction of sp³-hybridized carbons (Fsp3) is 0.917. The second-order valence-electron chi connectivity index (χ2n) is 5.50. The highest BCUT2D eigenvalue weighted by Gasteiger charge is 2.34. The van der Waals surface area contributed by atoms with Gasteiger partial charge < -0.3 is 14.7 Å². The molecule has 4 nitrogen and oxygen atoms in total. The monoisotopic (exact) mass is 229 g/mol. The summed E-state index contributed by atoms with van der Waals surface area (Å²) in [5.41, 5.74) is -0.478. The molecule has 0 aromatic carbocycles. The molecule has 1 atom stereocenters. The highest BCUT2D eigenvalue weighted by atomic mass is 16.6. The standard InChI is InChI=1S/C12H23NO3/c1-9(8-14)13(10-6-5-7-10)11(15)16-12(2,3)4/h9-10,14H,5-8H2,1-4H3. The van der Waals surface area contributed by atoms with E-state index in [9.17, 15) is 9.90 Å². The van der Waals surface area contributed by atoms with Crippen molar-refractivity contribution >= 4 is 6.09 Å². The molecule has 1 rings (SSSR count). The Morgan fingerprint density at radius 2 is 2.06 bits per heavy atom. The smallest absolute Gasteiger partial charge is 0.410 e. The average Bonchev–Trinajstić information content (AvgIpc) is 2.06. The molecule has 1 aliphatic carbocycles. The lowest BCUT2D eigenvalue weighted by molar-refractivity contribution is -0.0115. The molecule has 0 aromatic rings. The van der Waals surface area contributed by atoms with E-state index in [4.69, 9.17) is 4.74 Å². The van der Waals surface area contributed by atoms with Crippen molar-refractivity contribution in [3.63, 3.8) is 0 Å². The van der Waals surface area contributed by atoms with E-state index in [0.717, 1.165) is 19.3 Å². The van der Waals surface area contributed by atoms with Gasteiger partial charge in [-0.3, -0.25) is 0 Å². The molecule has 4 heteroatoms. The van der Waals surface area contributed by atoms with E-state index in [1.54, 1.807) is 4.90 Å². The zero-order valence-electron chi connectivity index (χ0n) is 10.7. The molecule has 94 valence electrons. The van der Waals surface area contributed by atoms with Crippen LogP contribution in [0.5, 0.6) is 0 Å². The van der Waals surface area contributed by atoms with Gasteiger partial charge in [-0.1, -0.05) is 0 Å². The van der Waals surface area contributed by atoms with Gasteiger partial charge in [0.1, 0.15) is 5.60 Å². The van der Waals surface area contributed by atoms with Crippen LogP contribution >= 0.6 is 0 Å². The third kappa shape index (κ3) is 3.37. The second-order valence-corrected chi connectivity index (χ2v) is 5.50. The zero-order chi connectivity index (χ0) is 12.3. The van der Waals surface area contributed by atoms with Gasteiger partial charge in [-0.2, -0.15) is 0 Å². The summed E-state index contributed by atoms with van der Waals surface area (Å²) in [6.07, 6.45) is 2.88. The lowest BCUT2D eigenvalue weighted by atomic mass is 9.91. The molecule has 0 bridgehead atoms. The Labute approximate surface area is 97.6 Å². The molecule has 0 spiro atoms. The first-order valence-corrected chi connectivity index (χ1v) is 5.97. The fourth-order valence-corrected chi connectivity index (χ4v) is 1.76. The molecule has 0 heterocycles. The SMILES string of the molecule is CC(CO)N(C(=O)OC(C)(C)C)C1CCC1. The van der Waals surface area contributed by atoms with Crippen LogP contribution in [0, 0.1) is 0 Å². The van der Waals surface area contributed by atoms with Crippen LogP contribution in [-0.2, 0) is 4.74 Å². The number of ether oxygens (including phenoxy) is 1. The predicted octanol–water partition coefficient (Wildman–Crippen LogP) is 2.16. The summed E-state index contributed by atoms with van der Waals surface area (Å²) in [4.78, 5) is 13.7. The Balaban J connectivity index is 2.64. The highest BCUT2D eigenvalue weighted by molar-refractivity contribution is 5.69. The van der Waals surface area contributed by atoms with Crippen LogP contribution in [-0.4, -0.2) is 40.4 Å².